The second kappa shape index (κ2) is 8.73. The average Bonchev–Trinajstić information content (AvgIpc) is 3.21. The Kier molecular flexibility index (Phi) is 5.62. The van der Waals surface area contributed by atoms with Crippen molar-refractivity contribution in [3.8, 4) is 22.9 Å². The molecule has 1 aliphatic rings. The molecule has 1 aliphatic heterocycles. The quantitative estimate of drug-likeness (QED) is 0.432. The van der Waals surface area contributed by atoms with Crippen LogP contribution in [-0.2, 0) is 4.74 Å². The normalized spacial score (nSPS) is 13.9. The number of carbonyl (C=O) groups is 1. The van der Waals surface area contributed by atoms with Crippen molar-refractivity contribution in [2.24, 2.45) is 0 Å². The summed E-state index contributed by atoms with van der Waals surface area (Å²) < 4.78 is 11.2. The zero-order valence-electron chi connectivity index (χ0n) is 17.8. The molecule has 0 spiro atoms. The number of imidazole rings is 1. The first-order valence-corrected chi connectivity index (χ1v) is 10.9. The molecule has 0 bridgehead atoms. The van der Waals surface area contributed by atoms with Gasteiger partial charge in [0.05, 0.1) is 34.8 Å². The highest BCUT2D eigenvalue weighted by Crippen LogP contribution is 2.33. The molecule has 33 heavy (non-hydrogen) atoms. The Morgan fingerprint density at radius 3 is 2.73 bits per heavy atom. The standard InChI is InChI=1S/C24H21ClN4O4/c1-14-2-4-16(10-17(14)23(30)31)33-24-27-20-11-18(19(25)12-21(20)28-24)15-3-5-22(26-13-15)29-6-8-32-9-7-29/h2-5,10-13H,6-9H2,1H3,(H,27,28)(H,30,31). The van der Waals surface area contributed by atoms with Crippen molar-refractivity contribution < 1.29 is 19.4 Å². The monoisotopic (exact) mass is 464 g/mol. The zero-order chi connectivity index (χ0) is 22.9. The van der Waals surface area contributed by atoms with Gasteiger partial charge in [-0.05, 0) is 48.9 Å². The van der Waals surface area contributed by atoms with Crippen LogP contribution in [0, 0.1) is 6.92 Å². The van der Waals surface area contributed by atoms with E-state index in [9.17, 15) is 9.90 Å². The van der Waals surface area contributed by atoms with E-state index < -0.39 is 5.97 Å². The minimum Gasteiger partial charge on any atom is -0.478 e. The van der Waals surface area contributed by atoms with Crippen LogP contribution < -0.4 is 9.64 Å². The van der Waals surface area contributed by atoms with Gasteiger partial charge in [0.2, 0.25) is 0 Å². The molecule has 9 heteroatoms. The second-order valence-corrected chi connectivity index (χ2v) is 8.19. The number of carboxylic acids is 1. The van der Waals surface area contributed by atoms with Crippen molar-refractivity contribution in [3.05, 3.63) is 64.8 Å². The Hall–Kier alpha value is -3.62. The van der Waals surface area contributed by atoms with E-state index in [2.05, 4.69) is 19.9 Å². The van der Waals surface area contributed by atoms with Gasteiger partial charge in [0.15, 0.2) is 0 Å². The van der Waals surface area contributed by atoms with E-state index in [1.165, 1.54) is 6.07 Å². The molecule has 0 radical (unpaired) electrons. The van der Waals surface area contributed by atoms with E-state index in [0.29, 0.717) is 40.6 Å². The molecule has 8 nitrogen and oxygen atoms in total. The number of carboxylic acid groups (broad SMARTS) is 1. The molecule has 0 atom stereocenters. The summed E-state index contributed by atoms with van der Waals surface area (Å²) >= 11 is 6.56. The summed E-state index contributed by atoms with van der Waals surface area (Å²) in [4.78, 5) is 25.7. The molecule has 1 saturated heterocycles. The van der Waals surface area contributed by atoms with Crippen molar-refractivity contribution in [3.63, 3.8) is 0 Å². The maximum absolute atomic E-state index is 11.4. The van der Waals surface area contributed by atoms with E-state index in [-0.39, 0.29) is 11.6 Å². The maximum atomic E-state index is 11.4. The molecular weight excluding hydrogens is 444 g/mol. The third-order valence-corrected chi connectivity index (χ3v) is 5.91. The van der Waals surface area contributed by atoms with Crippen molar-refractivity contribution >= 4 is 34.4 Å². The fourth-order valence-corrected chi connectivity index (χ4v) is 4.08. The first-order valence-electron chi connectivity index (χ1n) is 10.5. The summed E-state index contributed by atoms with van der Waals surface area (Å²) in [5, 5.41) is 9.88. The molecule has 0 saturated carbocycles. The van der Waals surface area contributed by atoms with Gasteiger partial charge in [-0.15, -0.1) is 0 Å². The SMILES string of the molecule is Cc1ccc(Oc2nc3cc(-c4ccc(N5CCOCC5)nc4)c(Cl)cc3[nH]2)cc1C(=O)O. The van der Waals surface area contributed by atoms with Crippen molar-refractivity contribution in [2.75, 3.05) is 31.2 Å². The largest absolute Gasteiger partial charge is 0.478 e. The molecule has 0 aliphatic carbocycles. The molecule has 0 amide bonds. The molecule has 0 unspecified atom stereocenters. The van der Waals surface area contributed by atoms with Crippen LogP contribution in [0.2, 0.25) is 5.02 Å². The number of hydrogen-bond acceptors (Lipinski definition) is 6. The molecule has 2 aromatic carbocycles. The number of aromatic amines is 1. The Bertz CT molecular complexity index is 1330. The lowest BCUT2D eigenvalue weighted by atomic mass is 10.1. The van der Waals surface area contributed by atoms with Crippen LogP contribution in [0.1, 0.15) is 15.9 Å². The number of fused-ring (bicyclic) bond motifs is 1. The van der Waals surface area contributed by atoms with Crippen LogP contribution in [0.25, 0.3) is 22.2 Å². The first kappa shape index (κ1) is 21.2. The fourth-order valence-electron chi connectivity index (χ4n) is 3.81. The summed E-state index contributed by atoms with van der Waals surface area (Å²) in [7, 11) is 0. The maximum Gasteiger partial charge on any atom is 0.336 e. The number of pyridine rings is 1. The van der Waals surface area contributed by atoms with Gasteiger partial charge >= 0.3 is 5.97 Å². The molecule has 168 valence electrons. The van der Waals surface area contributed by atoms with Gasteiger partial charge in [-0.2, -0.15) is 4.98 Å². The van der Waals surface area contributed by atoms with E-state index in [0.717, 1.165) is 30.0 Å². The van der Waals surface area contributed by atoms with Crippen LogP contribution in [0.5, 0.6) is 11.8 Å². The number of aromatic nitrogens is 3. The van der Waals surface area contributed by atoms with E-state index in [4.69, 9.17) is 21.1 Å². The number of ether oxygens (including phenoxy) is 2. The Labute approximate surface area is 194 Å². The zero-order valence-corrected chi connectivity index (χ0v) is 18.6. The number of hydrogen-bond donors (Lipinski definition) is 2. The smallest absolute Gasteiger partial charge is 0.336 e. The van der Waals surface area contributed by atoms with Crippen molar-refractivity contribution in [1.82, 2.24) is 15.0 Å². The van der Waals surface area contributed by atoms with E-state index in [1.54, 1.807) is 25.1 Å². The van der Waals surface area contributed by atoms with Gasteiger partial charge in [-0.3, -0.25) is 0 Å². The lowest BCUT2D eigenvalue weighted by Gasteiger charge is -2.27. The molecular formula is C24H21ClN4O4. The number of nitrogens with one attached hydrogen (secondary N) is 1. The topological polar surface area (TPSA) is 101 Å². The predicted octanol–water partition coefficient (Wildman–Crippen LogP) is 4.91. The lowest BCUT2D eigenvalue weighted by molar-refractivity contribution is 0.0695. The number of aryl methyl sites for hydroxylation is 1. The lowest BCUT2D eigenvalue weighted by Crippen LogP contribution is -2.36. The highest BCUT2D eigenvalue weighted by atomic mass is 35.5. The fraction of sp³-hybridized carbons (Fsp3) is 0.208. The van der Waals surface area contributed by atoms with E-state index in [1.807, 2.05) is 24.4 Å². The van der Waals surface area contributed by atoms with Gasteiger partial charge in [-0.1, -0.05) is 17.7 Å². The second-order valence-electron chi connectivity index (χ2n) is 7.78. The van der Waals surface area contributed by atoms with Gasteiger partial charge in [0.25, 0.3) is 6.01 Å². The van der Waals surface area contributed by atoms with Gasteiger partial charge in [-0.25, -0.2) is 9.78 Å². The van der Waals surface area contributed by atoms with Gasteiger partial charge in [0.1, 0.15) is 11.6 Å². The summed E-state index contributed by atoms with van der Waals surface area (Å²) in [6.07, 6.45) is 1.81. The molecule has 3 heterocycles. The number of halogens is 1. The highest BCUT2D eigenvalue weighted by Gasteiger charge is 2.15. The number of benzene rings is 2. The summed E-state index contributed by atoms with van der Waals surface area (Å²) in [5.41, 5.74) is 3.92. The van der Waals surface area contributed by atoms with Gasteiger partial charge < -0.3 is 24.5 Å². The molecule has 2 aromatic heterocycles. The van der Waals surface area contributed by atoms with Crippen LogP contribution in [0.15, 0.2) is 48.7 Å². The number of aromatic carboxylic acids is 1. The molecule has 1 fully saturated rings. The minimum atomic E-state index is -1.01. The Balaban J connectivity index is 1.41. The van der Waals surface area contributed by atoms with Crippen molar-refractivity contribution in [1.29, 1.82) is 0 Å². The summed E-state index contributed by atoms with van der Waals surface area (Å²) in [5.74, 6) is 0.284. The van der Waals surface area contributed by atoms with Crippen molar-refractivity contribution in [2.45, 2.75) is 6.92 Å². The highest BCUT2D eigenvalue weighted by molar-refractivity contribution is 6.34. The first-order chi connectivity index (χ1) is 16.0. The van der Waals surface area contributed by atoms with Crippen LogP contribution in [-0.4, -0.2) is 52.3 Å². The van der Waals surface area contributed by atoms with E-state index >= 15 is 0 Å². The molecule has 5 rings (SSSR count). The Morgan fingerprint density at radius 2 is 2.00 bits per heavy atom. The van der Waals surface area contributed by atoms with Crippen LogP contribution in [0.3, 0.4) is 0 Å². The number of rotatable bonds is 5. The molecule has 4 aromatic rings. The average molecular weight is 465 g/mol. The number of morpholine rings is 1. The number of nitrogens with zero attached hydrogens (tertiary/aromatic N) is 3. The number of anilines is 1. The number of H-pyrrole nitrogens is 1. The summed E-state index contributed by atoms with van der Waals surface area (Å²) in [6, 6.07) is 12.8. The molecule has 2 N–H and O–H groups in total. The summed E-state index contributed by atoms with van der Waals surface area (Å²) in [6.45, 7) is 4.79. The third kappa shape index (κ3) is 4.35. The minimum absolute atomic E-state index is 0.182. The predicted molar refractivity (Wildman–Crippen MR) is 126 cm³/mol. The van der Waals surface area contributed by atoms with Crippen LogP contribution >= 0.6 is 11.6 Å². The van der Waals surface area contributed by atoms with Crippen LogP contribution in [0.4, 0.5) is 5.82 Å². The Morgan fingerprint density at radius 1 is 1.18 bits per heavy atom. The van der Waals surface area contributed by atoms with Gasteiger partial charge in [0, 0.05) is 30.4 Å². The third-order valence-electron chi connectivity index (χ3n) is 5.60.